The minimum absolute atomic E-state index is 0.688. The van der Waals surface area contributed by atoms with E-state index in [1.807, 2.05) is 24.3 Å². The molecule has 0 saturated carbocycles. The quantitative estimate of drug-likeness (QED) is 0.819. The third-order valence-corrected chi connectivity index (χ3v) is 2.11. The highest BCUT2D eigenvalue weighted by atomic mass is 15.1. The first kappa shape index (κ1) is 9.65. The number of nitrogens with zero attached hydrogens (tertiary/aromatic N) is 2. The van der Waals surface area contributed by atoms with Gasteiger partial charge in [-0.1, -0.05) is 30.3 Å². The fourth-order valence-corrected chi connectivity index (χ4v) is 1.35. The summed E-state index contributed by atoms with van der Waals surface area (Å²) in [4.78, 5) is 8.18. The fraction of sp³-hybridized carbons (Fsp3) is 0.167. The van der Waals surface area contributed by atoms with Crippen molar-refractivity contribution >= 4 is 5.95 Å². The first-order valence-corrected chi connectivity index (χ1v) is 5.00. The molecule has 0 radical (unpaired) electrons. The molecule has 1 heterocycles. The summed E-state index contributed by atoms with van der Waals surface area (Å²) < 4.78 is 0. The molecule has 2 aromatic rings. The van der Waals surface area contributed by atoms with Crippen LogP contribution in [0.5, 0.6) is 0 Å². The topological polar surface area (TPSA) is 37.8 Å². The van der Waals surface area contributed by atoms with Gasteiger partial charge in [0.15, 0.2) is 0 Å². The molecule has 0 unspecified atom stereocenters. The summed E-state index contributed by atoms with van der Waals surface area (Å²) in [6.45, 7) is 0.855. The maximum absolute atomic E-state index is 4.09. The zero-order valence-corrected chi connectivity index (χ0v) is 8.43. The maximum atomic E-state index is 4.09. The predicted molar refractivity (Wildman–Crippen MR) is 60.7 cm³/mol. The van der Waals surface area contributed by atoms with Crippen molar-refractivity contribution in [2.24, 2.45) is 0 Å². The lowest BCUT2D eigenvalue weighted by atomic mass is 10.1. The molecule has 1 aromatic carbocycles. The number of hydrogen-bond acceptors (Lipinski definition) is 3. The van der Waals surface area contributed by atoms with Gasteiger partial charge in [0.05, 0.1) is 0 Å². The van der Waals surface area contributed by atoms with Gasteiger partial charge in [0.2, 0.25) is 5.95 Å². The molecule has 15 heavy (non-hydrogen) atoms. The summed E-state index contributed by atoms with van der Waals surface area (Å²) in [7, 11) is 0. The molecule has 0 atom stereocenters. The van der Waals surface area contributed by atoms with Gasteiger partial charge in [0.1, 0.15) is 0 Å². The van der Waals surface area contributed by atoms with E-state index in [0.717, 1.165) is 13.0 Å². The zero-order chi connectivity index (χ0) is 10.3. The zero-order valence-electron chi connectivity index (χ0n) is 8.43. The molecule has 0 aliphatic heterocycles. The smallest absolute Gasteiger partial charge is 0.222 e. The Bertz CT molecular complexity index is 347. The van der Waals surface area contributed by atoms with Crippen molar-refractivity contribution in [3.8, 4) is 0 Å². The number of anilines is 1. The molecule has 0 spiro atoms. The molecule has 0 amide bonds. The Hall–Kier alpha value is -1.90. The molecule has 2 rings (SSSR count). The van der Waals surface area contributed by atoms with Gasteiger partial charge in [0, 0.05) is 18.9 Å². The Morgan fingerprint density at radius 3 is 2.40 bits per heavy atom. The molecule has 1 aromatic heterocycles. The van der Waals surface area contributed by atoms with E-state index < -0.39 is 0 Å². The lowest BCUT2D eigenvalue weighted by Gasteiger charge is -2.03. The van der Waals surface area contributed by atoms with Crippen molar-refractivity contribution in [2.45, 2.75) is 6.42 Å². The van der Waals surface area contributed by atoms with Gasteiger partial charge in [-0.15, -0.1) is 0 Å². The summed E-state index contributed by atoms with van der Waals surface area (Å²) in [5.74, 6) is 0.688. The van der Waals surface area contributed by atoms with Gasteiger partial charge in [0.25, 0.3) is 0 Å². The largest absolute Gasteiger partial charge is 0.354 e. The van der Waals surface area contributed by atoms with Crippen molar-refractivity contribution in [3.63, 3.8) is 0 Å². The minimum Gasteiger partial charge on any atom is -0.354 e. The van der Waals surface area contributed by atoms with Crippen LogP contribution in [-0.4, -0.2) is 16.5 Å². The number of benzene rings is 1. The Morgan fingerprint density at radius 1 is 0.933 bits per heavy atom. The van der Waals surface area contributed by atoms with Gasteiger partial charge < -0.3 is 5.32 Å². The maximum Gasteiger partial charge on any atom is 0.222 e. The molecule has 3 heteroatoms. The van der Waals surface area contributed by atoms with Crippen molar-refractivity contribution in [2.75, 3.05) is 11.9 Å². The molecule has 3 nitrogen and oxygen atoms in total. The summed E-state index contributed by atoms with van der Waals surface area (Å²) in [5, 5.41) is 3.17. The molecular weight excluding hydrogens is 186 g/mol. The van der Waals surface area contributed by atoms with Gasteiger partial charge in [-0.25, -0.2) is 9.97 Å². The average molecular weight is 199 g/mol. The first-order valence-electron chi connectivity index (χ1n) is 5.00. The first-order chi connectivity index (χ1) is 7.45. The van der Waals surface area contributed by atoms with E-state index in [4.69, 9.17) is 0 Å². The van der Waals surface area contributed by atoms with Crippen molar-refractivity contribution in [1.82, 2.24) is 9.97 Å². The molecule has 0 aliphatic carbocycles. The fourth-order valence-electron chi connectivity index (χ4n) is 1.35. The summed E-state index contributed by atoms with van der Waals surface area (Å²) >= 11 is 0. The molecule has 1 N–H and O–H groups in total. The van der Waals surface area contributed by atoms with Crippen molar-refractivity contribution < 1.29 is 0 Å². The molecule has 0 bridgehead atoms. The van der Waals surface area contributed by atoms with Crippen LogP contribution in [0.2, 0.25) is 0 Å². The molecule has 0 fully saturated rings. The number of hydrogen-bond donors (Lipinski definition) is 1. The second-order valence-electron chi connectivity index (χ2n) is 3.23. The Labute approximate surface area is 89.2 Å². The SMILES string of the molecule is c1ccc(CCNc2ncccn2)cc1. The minimum atomic E-state index is 0.688. The number of nitrogens with one attached hydrogen (secondary N) is 1. The van der Waals surface area contributed by atoms with Crippen LogP contribution in [0.25, 0.3) is 0 Å². The van der Waals surface area contributed by atoms with Gasteiger partial charge in [-0.3, -0.25) is 0 Å². The van der Waals surface area contributed by atoms with E-state index in [-0.39, 0.29) is 0 Å². The number of rotatable bonds is 4. The third-order valence-electron chi connectivity index (χ3n) is 2.11. The highest BCUT2D eigenvalue weighted by molar-refractivity contribution is 5.23. The standard InChI is InChI=1S/C12H13N3/c1-2-5-11(6-3-1)7-10-15-12-13-8-4-9-14-12/h1-6,8-9H,7,10H2,(H,13,14,15). The van der Waals surface area contributed by atoms with Crippen LogP contribution in [0.15, 0.2) is 48.8 Å². The average Bonchev–Trinajstić information content (AvgIpc) is 2.32. The second-order valence-corrected chi connectivity index (χ2v) is 3.23. The van der Waals surface area contributed by atoms with Gasteiger partial charge in [-0.05, 0) is 18.1 Å². The molecular formula is C12H13N3. The van der Waals surface area contributed by atoms with Crippen LogP contribution in [0.4, 0.5) is 5.95 Å². The Morgan fingerprint density at radius 2 is 1.67 bits per heavy atom. The predicted octanol–water partition coefficient (Wildman–Crippen LogP) is 2.13. The summed E-state index contributed by atoms with van der Waals surface area (Å²) in [6, 6.07) is 12.2. The Balaban J connectivity index is 1.81. The molecule has 0 saturated heterocycles. The summed E-state index contributed by atoms with van der Waals surface area (Å²) in [6.07, 6.45) is 4.45. The van der Waals surface area contributed by atoms with Crippen LogP contribution in [-0.2, 0) is 6.42 Å². The van der Waals surface area contributed by atoms with E-state index in [1.54, 1.807) is 12.4 Å². The van der Waals surface area contributed by atoms with Crippen molar-refractivity contribution in [1.29, 1.82) is 0 Å². The lowest BCUT2D eigenvalue weighted by Crippen LogP contribution is -2.07. The highest BCUT2D eigenvalue weighted by Crippen LogP contribution is 2.00. The lowest BCUT2D eigenvalue weighted by molar-refractivity contribution is 0.984. The molecule has 76 valence electrons. The van der Waals surface area contributed by atoms with Crippen LogP contribution in [0, 0.1) is 0 Å². The van der Waals surface area contributed by atoms with Gasteiger partial charge >= 0.3 is 0 Å². The van der Waals surface area contributed by atoms with E-state index in [1.165, 1.54) is 5.56 Å². The Kier molecular flexibility index (Phi) is 3.28. The van der Waals surface area contributed by atoms with E-state index >= 15 is 0 Å². The van der Waals surface area contributed by atoms with Crippen LogP contribution < -0.4 is 5.32 Å². The van der Waals surface area contributed by atoms with E-state index in [2.05, 4.69) is 27.4 Å². The van der Waals surface area contributed by atoms with E-state index in [0.29, 0.717) is 5.95 Å². The van der Waals surface area contributed by atoms with Crippen molar-refractivity contribution in [3.05, 3.63) is 54.4 Å². The summed E-state index contributed by atoms with van der Waals surface area (Å²) in [5.41, 5.74) is 1.32. The van der Waals surface area contributed by atoms with Crippen LogP contribution in [0.1, 0.15) is 5.56 Å². The van der Waals surface area contributed by atoms with Crippen LogP contribution >= 0.6 is 0 Å². The molecule has 0 aliphatic rings. The normalized spacial score (nSPS) is 9.87. The van der Waals surface area contributed by atoms with E-state index in [9.17, 15) is 0 Å². The monoisotopic (exact) mass is 199 g/mol. The number of aromatic nitrogens is 2. The van der Waals surface area contributed by atoms with Gasteiger partial charge in [-0.2, -0.15) is 0 Å². The third kappa shape index (κ3) is 3.06. The highest BCUT2D eigenvalue weighted by Gasteiger charge is 1.93. The van der Waals surface area contributed by atoms with Crippen LogP contribution in [0.3, 0.4) is 0 Å². The second kappa shape index (κ2) is 5.10.